The molecule has 0 radical (unpaired) electrons. The maximum absolute atomic E-state index is 3.33. The number of nitrogens with one attached hydrogen (secondary N) is 1. The molecule has 0 aliphatic heterocycles. The van der Waals surface area contributed by atoms with Gasteiger partial charge in [0, 0.05) is 16.3 Å². The Morgan fingerprint density at radius 3 is 2.79 bits per heavy atom. The predicted octanol–water partition coefficient (Wildman–Crippen LogP) is 3.32. The summed E-state index contributed by atoms with van der Waals surface area (Å²) in [6.07, 6.45) is 3.41. The molecular formula is C12H19NS. The molecule has 78 valence electrons. The first kappa shape index (κ1) is 11.5. The Morgan fingerprint density at radius 1 is 1.43 bits per heavy atom. The summed E-state index contributed by atoms with van der Waals surface area (Å²) in [5, 5.41) is 3.33. The van der Waals surface area contributed by atoms with Gasteiger partial charge in [-0.3, -0.25) is 0 Å². The van der Waals surface area contributed by atoms with Crippen LogP contribution < -0.4 is 5.32 Å². The van der Waals surface area contributed by atoms with Crippen molar-refractivity contribution in [3.63, 3.8) is 0 Å². The van der Waals surface area contributed by atoms with Crippen LogP contribution in [0, 0.1) is 0 Å². The van der Waals surface area contributed by atoms with Crippen LogP contribution in [0.2, 0.25) is 0 Å². The third-order valence-corrected chi connectivity index (χ3v) is 3.25. The van der Waals surface area contributed by atoms with E-state index in [0.29, 0.717) is 0 Å². The van der Waals surface area contributed by atoms with Gasteiger partial charge in [-0.05, 0) is 38.1 Å². The van der Waals surface area contributed by atoms with E-state index in [1.807, 2.05) is 11.3 Å². The number of rotatable bonds is 5. The van der Waals surface area contributed by atoms with Gasteiger partial charge in [0.1, 0.15) is 0 Å². The van der Waals surface area contributed by atoms with Gasteiger partial charge in [-0.2, -0.15) is 0 Å². The van der Waals surface area contributed by atoms with Crippen molar-refractivity contribution in [2.24, 2.45) is 0 Å². The quantitative estimate of drug-likeness (QED) is 0.784. The Labute approximate surface area is 90.9 Å². The Balaban J connectivity index is 2.56. The predicted molar refractivity (Wildman–Crippen MR) is 65.9 cm³/mol. The Morgan fingerprint density at radius 2 is 2.21 bits per heavy atom. The zero-order valence-electron chi connectivity index (χ0n) is 9.26. The normalized spacial score (nSPS) is 12.1. The van der Waals surface area contributed by atoms with Crippen molar-refractivity contribution in [1.29, 1.82) is 0 Å². The molecule has 0 spiro atoms. The van der Waals surface area contributed by atoms with Crippen molar-refractivity contribution >= 4 is 17.4 Å². The van der Waals surface area contributed by atoms with Gasteiger partial charge in [-0.15, -0.1) is 11.3 Å². The van der Waals surface area contributed by atoms with Crippen molar-refractivity contribution in [2.75, 3.05) is 13.1 Å². The first-order valence-electron chi connectivity index (χ1n) is 5.22. The number of likely N-dealkylation sites (N-methyl/N-ethyl adjacent to an activating group) is 1. The molecular weight excluding hydrogens is 190 g/mol. The van der Waals surface area contributed by atoms with E-state index in [-0.39, 0.29) is 0 Å². The van der Waals surface area contributed by atoms with Crippen molar-refractivity contribution in [3.05, 3.63) is 27.5 Å². The van der Waals surface area contributed by atoms with Gasteiger partial charge >= 0.3 is 0 Å². The lowest BCUT2D eigenvalue weighted by Gasteiger charge is -2.00. The minimum absolute atomic E-state index is 0.996. The van der Waals surface area contributed by atoms with E-state index >= 15 is 0 Å². The molecule has 0 aliphatic rings. The van der Waals surface area contributed by atoms with Gasteiger partial charge < -0.3 is 5.32 Å². The summed E-state index contributed by atoms with van der Waals surface area (Å²) in [6, 6.07) is 4.43. The van der Waals surface area contributed by atoms with Gasteiger partial charge in [0.25, 0.3) is 0 Å². The molecule has 0 saturated carbocycles. The first-order valence-corrected chi connectivity index (χ1v) is 6.04. The summed E-state index contributed by atoms with van der Waals surface area (Å²) in [5.74, 6) is 0. The molecule has 1 heterocycles. The number of aryl methyl sites for hydroxylation is 1. The van der Waals surface area contributed by atoms with E-state index < -0.39 is 0 Å². The number of hydrogen-bond acceptors (Lipinski definition) is 2. The van der Waals surface area contributed by atoms with Crippen LogP contribution >= 0.6 is 11.3 Å². The topological polar surface area (TPSA) is 12.0 Å². The van der Waals surface area contributed by atoms with Crippen molar-refractivity contribution < 1.29 is 0 Å². The van der Waals surface area contributed by atoms with E-state index in [4.69, 9.17) is 0 Å². The van der Waals surface area contributed by atoms with E-state index in [1.54, 1.807) is 0 Å². The molecule has 0 amide bonds. The van der Waals surface area contributed by atoms with Crippen LogP contribution in [0.3, 0.4) is 0 Å². The highest BCUT2D eigenvalue weighted by atomic mass is 32.1. The second-order valence-electron chi connectivity index (χ2n) is 3.43. The summed E-state index contributed by atoms with van der Waals surface area (Å²) >= 11 is 1.89. The third kappa shape index (κ3) is 3.64. The Kier molecular flexibility index (Phi) is 4.91. The fourth-order valence-electron chi connectivity index (χ4n) is 1.28. The SMILES string of the molecule is CCNCC(C)=Cc1ccc(CC)s1. The van der Waals surface area contributed by atoms with Crippen LogP contribution in [0.5, 0.6) is 0 Å². The zero-order chi connectivity index (χ0) is 10.4. The highest BCUT2D eigenvalue weighted by molar-refractivity contribution is 7.12. The molecule has 2 heteroatoms. The third-order valence-electron chi connectivity index (χ3n) is 2.07. The molecule has 14 heavy (non-hydrogen) atoms. The van der Waals surface area contributed by atoms with Crippen LogP contribution in [0.4, 0.5) is 0 Å². The molecule has 0 bridgehead atoms. The van der Waals surface area contributed by atoms with Crippen molar-refractivity contribution in [3.8, 4) is 0 Å². The maximum atomic E-state index is 3.33. The summed E-state index contributed by atoms with van der Waals surface area (Å²) in [4.78, 5) is 2.84. The second-order valence-corrected chi connectivity index (χ2v) is 4.63. The van der Waals surface area contributed by atoms with Gasteiger partial charge in [-0.1, -0.05) is 19.4 Å². The van der Waals surface area contributed by atoms with Crippen LogP contribution in [-0.4, -0.2) is 13.1 Å². The Hall–Kier alpha value is -0.600. The first-order chi connectivity index (χ1) is 6.76. The molecule has 1 rings (SSSR count). The van der Waals surface area contributed by atoms with Crippen LogP contribution in [0.25, 0.3) is 6.08 Å². The second kappa shape index (κ2) is 5.99. The summed E-state index contributed by atoms with van der Waals surface area (Å²) in [6.45, 7) is 8.54. The van der Waals surface area contributed by atoms with E-state index in [2.05, 4.69) is 44.3 Å². The van der Waals surface area contributed by atoms with E-state index in [0.717, 1.165) is 19.5 Å². The smallest absolute Gasteiger partial charge is 0.0273 e. The average molecular weight is 209 g/mol. The maximum Gasteiger partial charge on any atom is 0.0273 e. The molecule has 1 N–H and O–H groups in total. The molecule has 1 nitrogen and oxygen atoms in total. The summed E-state index contributed by atoms with van der Waals surface area (Å²) < 4.78 is 0. The number of thiophene rings is 1. The van der Waals surface area contributed by atoms with Crippen LogP contribution in [-0.2, 0) is 6.42 Å². The van der Waals surface area contributed by atoms with Crippen LogP contribution in [0.15, 0.2) is 17.7 Å². The average Bonchev–Trinajstić information content (AvgIpc) is 2.62. The van der Waals surface area contributed by atoms with Gasteiger partial charge in [0.05, 0.1) is 0 Å². The molecule has 0 unspecified atom stereocenters. The monoisotopic (exact) mass is 209 g/mol. The largest absolute Gasteiger partial charge is 0.313 e. The molecule has 1 aromatic heterocycles. The van der Waals surface area contributed by atoms with E-state index in [1.165, 1.54) is 15.3 Å². The molecule has 0 saturated heterocycles. The molecule has 0 aliphatic carbocycles. The van der Waals surface area contributed by atoms with Gasteiger partial charge in [-0.25, -0.2) is 0 Å². The van der Waals surface area contributed by atoms with E-state index in [9.17, 15) is 0 Å². The van der Waals surface area contributed by atoms with Gasteiger partial charge in [0.15, 0.2) is 0 Å². The van der Waals surface area contributed by atoms with Crippen LogP contribution in [0.1, 0.15) is 30.5 Å². The molecule has 0 fully saturated rings. The van der Waals surface area contributed by atoms with Gasteiger partial charge in [0.2, 0.25) is 0 Å². The number of hydrogen-bond donors (Lipinski definition) is 1. The van der Waals surface area contributed by atoms with Crippen molar-refractivity contribution in [2.45, 2.75) is 27.2 Å². The highest BCUT2D eigenvalue weighted by Gasteiger charge is 1.96. The fourth-order valence-corrected chi connectivity index (χ4v) is 2.26. The Bertz CT molecular complexity index is 299. The molecule has 0 atom stereocenters. The minimum atomic E-state index is 0.996. The zero-order valence-corrected chi connectivity index (χ0v) is 10.1. The summed E-state index contributed by atoms with van der Waals surface area (Å²) in [7, 11) is 0. The van der Waals surface area contributed by atoms with Crippen molar-refractivity contribution in [1.82, 2.24) is 5.32 Å². The highest BCUT2D eigenvalue weighted by Crippen LogP contribution is 2.19. The molecule has 1 aromatic rings. The minimum Gasteiger partial charge on any atom is -0.313 e. The summed E-state index contributed by atoms with van der Waals surface area (Å²) in [5.41, 5.74) is 1.40. The lowest BCUT2D eigenvalue weighted by atomic mass is 10.2. The molecule has 0 aromatic carbocycles. The standard InChI is InChI=1S/C12H19NS/c1-4-11-6-7-12(14-11)8-10(3)9-13-5-2/h6-8,13H,4-5,9H2,1-3H3. The fraction of sp³-hybridized carbons (Fsp3) is 0.500. The lowest BCUT2D eigenvalue weighted by molar-refractivity contribution is 0.779. The lowest BCUT2D eigenvalue weighted by Crippen LogP contribution is -2.14.